The zero-order valence-electron chi connectivity index (χ0n) is 10.4. The molecule has 18 heavy (non-hydrogen) atoms. The molecule has 1 aromatic rings. The molecule has 1 aliphatic heterocycles. The van der Waals surface area contributed by atoms with Crippen molar-refractivity contribution in [1.82, 2.24) is 4.90 Å². The minimum Gasteiger partial charge on any atom is -0.356 e. The summed E-state index contributed by atoms with van der Waals surface area (Å²) in [4.78, 5) is 25.1. The van der Waals surface area contributed by atoms with Crippen LogP contribution in [0.25, 0.3) is 0 Å². The van der Waals surface area contributed by atoms with E-state index in [0.717, 1.165) is 0 Å². The summed E-state index contributed by atoms with van der Waals surface area (Å²) in [5, 5.41) is 0. The lowest BCUT2D eigenvalue weighted by Crippen LogP contribution is -2.33. The Labute approximate surface area is 105 Å². The molecule has 1 aromatic carbocycles. The summed E-state index contributed by atoms with van der Waals surface area (Å²) < 4.78 is 10.2. The van der Waals surface area contributed by atoms with Crippen molar-refractivity contribution in [3.8, 4) is 0 Å². The van der Waals surface area contributed by atoms with Crippen molar-refractivity contribution in [3.05, 3.63) is 35.4 Å². The summed E-state index contributed by atoms with van der Waals surface area (Å²) in [6, 6.07) is 6.82. The Morgan fingerprint density at radius 3 is 2.22 bits per heavy atom. The number of methoxy groups -OCH3 is 1. The number of fused-ring (bicyclic) bond motifs is 1. The highest BCUT2D eigenvalue weighted by molar-refractivity contribution is 6.21. The van der Waals surface area contributed by atoms with Gasteiger partial charge in [-0.2, -0.15) is 0 Å². The van der Waals surface area contributed by atoms with E-state index < -0.39 is 0 Å². The second kappa shape index (κ2) is 5.29. The fourth-order valence-electron chi connectivity index (χ4n) is 1.82. The smallest absolute Gasteiger partial charge is 0.261 e. The highest BCUT2D eigenvalue weighted by atomic mass is 16.7. The van der Waals surface area contributed by atoms with Gasteiger partial charge in [-0.05, 0) is 19.1 Å². The fourth-order valence-corrected chi connectivity index (χ4v) is 1.82. The second-order valence-electron chi connectivity index (χ2n) is 3.98. The molecule has 0 fully saturated rings. The molecular weight excluding hydrogens is 234 g/mol. The molecule has 1 unspecified atom stereocenters. The van der Waals surface area contributed by atoms with Crippen molar-refractivity contribution in [2.45, 2.75) is 13.2 Å². The van der Waals surface area contributed by atoms with Crippen LogP contribution in [0, 0.1) is 0 Å². The highest BCUT2D eigenvalue weighted by Crippen LogP contribution is 2.21. The summed E-state index contributed by atoms with van der Waals surface area (Å²) in [5.74, 6) is -0.520. The maximum Gasteiger partial charge on any atom is 0.261 e. The Morgan fingerprint density at radius 2 is 1.72 bits per heavy atom. The van der Waals surface area contributed by atoms with Gasteiger partial charge in [0, 0.05) is 7.11 Å². The molecule has 1 heterocycles. The van der Waals surface area contributed by atoms with Crippen LogP contribution in [0.4, 0.5) is 0 Å². The third-order valence-corrected chi connectivity index (χ3v) is 2.88. The molecular formula is C13H15NO4. The highest BCUT2D eigenvalue weighted by Gasteiger charge is 2.34. The molecule has 0 aliphatic carbocycles. The van der Waals surface area contributed by atoms with E-state index in [1.54, 1.807) is 31.2 Å². The Morgan fingerprint density at radius 1 is 1.17 bits per heavy atom. The summed E-state index contributed by atoms with van der Waals surface area (Å²) >= 11 is 0. The Hall–Kier alpha value is -1.72. The predicted octanol–water partition coefficient (Wildman–Crippen LogP) is 1.29. The van der Waals surface area contributed by atoms with Gasteiger partial charge in [0.2, 0.25) is 0 Å². The van der Waals surface area contributed by atoms with Gasteiger partial charge in [-0.1, -0.05) is 12.1 Å². The number of carbonyl (C=O) groups excluding carboxylic acids is 2. The van der Waals surface area contributed by atoms with E-state index >= 15 is 0 Å². The van der Waals surface area contributed by atoms with Crippen LogP contribution in [0.1, 0.15) is 27.6 Å². The van der Waals surface area contributed by atoms with Crippen molar-refractivity contribution >= 4 is 11.8 Å². The number of hydrogen-bond acceptors (Lipinski definition) is 4. The first-order chi connectivity index (χ1) is 8.65. The van der Waals surface area contributed by atoms with Gasteiger partial charge in [0.15, 0.2) is 6.29 Å². The number of rotatable bonds is 5. The average molecular weight is 249 g/mol. The SMILES string of the molecule is COC(C)OCCN1C(=O)c2ccccc2C1=O. The first-order valence-corrected chi connectivity index (χ1v) is 5.74. The van der Waals surface area contributed by atoms with Crippen LogP contribution in [0.3, 0.4) is 0 Å². The van der Waals surface area contributed by atoms with E-state index in [4.69, 9.17) is 9.47 Å². The van der Waals surface area contributed by atoms with E-state index in [9.17, 15) is 9.59 Å². The molecule has 2 amide bonds. The Kier molecular flexibility index (Phi) is 3.74. The Balaban J connectivity index is 2.01. The molecule has 0 saturated carbocycles. The molecule has 0 radical (unpaired) electrons. The molecule has 1 aliphatic rings. The number of imide groups is 1. The van der Waals surface area contributed by atoms with Crippen molar-refractivity contribution in [2.24, 2.45) is 0 Å². The van der Waals surface area contributed by atoms with Gasteiger partial charge in [0.05, 0.1) is 24.3 Å². The molecule has 5 nitrogen and oxygen atoms in total. The summed E-state index contributed by atoms with van der Waals surface area (Å²) in [7, 11) is 1.53. The van der Waals surface area contributed by atoms with Gasteiger partial charge in [0.1, 0.15) is 0 Å². The van der Waals surface area contributed by atoms with Crippen molar-refractivity contribution < 1.29 is 19.1 Å². The van der Waals surface area contributed by atoms with Gasteiger partial charge in [-0.25, -0.2) is 0 Å². The molecule has 0 N–H and O–H groups in total. The average Bonchev–Trinajstić information content (AvgIpc) is 2.64. The van der Waals surface area contributed by atoms with Crippen LogP contribution >= 0.6 is 0 Å². The van der Waals surface area contributed by atoms with Crippen molar-refractivity contribution in [3.63, 3.8) is 0 Å². The van der Waals surface area contributed by atoms with Crippen molar-refractivity contribution in [2.75, 3.05) is 20.3 Å². The summed E-state index contributed by atoms with van der Waals surface area (Å²) in [6.45, 7) is 2.25. The molecule has 96 valence electrons. The molecule has 2 rings (SSSR count). The fraction of sp³-hybridized carbons (Fsp3) is 0.385. The van der Waals surface area contributed by atoms with E-state index in [0.29, 0.717) is 11.1 Å². The molecule has 1 atom stereocenters. The normalized spacial score (nSPS) is 16.0. The van der Waals surface area contributed by atoms with E-state index in [1.807, 2.05) is 0 Å². The lowest BCUT2D eigenvalue weighted by atomic mass is 10.1. The van der Waals surface area contributed by atoms with Crippen LogP contribution < -0.4 is 0 Å². The maximum atomic E-state index is 12.0. The third kappa shape index (κ3) is 2.27. The largest absolute Gasteiger partial charge is 0.356 e. The van der Waals surface area contributed by atoms with Crippen LogP contribution in [0.2, 0.25) is 0 Å². The molecule has 0 spiro atoms. The lowest BCUT2D eigenvalue weighted by molar-refractivity contribution is -0.111. The van der Waals surface area contributed by atoms with Gasteiger partial charge in [-0.15, -0.1) is 0 Å². The first kappa shape index (κ1) is 12.7. The van der Waals surface area contributed by atoms with Crippen LogP contribution in [-0.4, -0.2) is 43.3 Å². The lowest BCUT2D eigenvalue weighted by Gasteiger charge is -2.16. The van der Waals surface area contributed by atoms with E-state index in [1.165, 1.54) is 12.0 Å². The number of carbonyl (C=O) groups is 2. The molecule has 0 bridgehead atoms. The number of benzene rings is 1. The zero-order chi connectivity index (χ0) is 13.1. The number of hydrogen-bond donors (Lipinski definition) is 0. The predicted molar refractivity (Wildman–Crippen MR) is 64.2 cm³/mol. The third-order valence-electron chi connectivity index (χ3n) is 2.88. The summed E-state index contributed by atoms with van der Waals surface area (Å²) in [5.41, 5.74) is 0.921. The number of amides is 2. The first-order valence-electron chi connectivity index (χ1n) is 5.74. The number of ether oxygens (including phenoxy) is 2. The van der Waals surface area contributed by atoms with E-state index in [-0.39, 0.29) is 31.3 Å². The monoisotopic (exact) mass is 249 g/mol. The van der Waals surface area contributed by atoms with Crippen LogP contribution in [0.15, 0.2) is 24.3 Å². The van der Waals surface area contributed by atoms with Gasteiger partial charge in [-0.3, -0.25) is 14.5 Å². The van der Waals surface area contributed by atoms with Gasteiger partial charge in [0.25, 0.3) is 11.8 Å². The maximum absolute atomic E-state index is 12.0. The number of nitrogens with zero attached hydrogens (tertiary/aromatic N) is 1. The minimum absolute atomic E-state index is 0.236. The van der Waals surface area contributed by atoms with Crippen molar-refractivity contribution in [1.29, 1.82) is 0 Å². The van der Waals surface area contributed by atoms with Crippen LogP contribution in [-0.2, 0) is 9.47 Å². The minimum atomic E-state index is -0.347. The quantitative estimate of drug-likeness (QED) is 0.583. The molecule has 0 aromatic heterocycles. The second-order valence-corrected chi connectivity index (χ2v) is 3.98. The molecule has 0 saturated heterocycles. The standard InChI is InChI=1S/C13H15NO4/c1-9(17-2)18-8-7-14-12(15)10-5-3-4-6-11(10)13(14)16/h3-6,9H,7-8H2,1-2H3. The van der Waals surface area contributed by atoms with Gasteiger partial charge < -0.3 is 9.47 Å². The molecule has 5 heteroatoms. The summed E-state index contributed by atoms with van der Waals surface area (Å²) in [6.07, 6.45) is -0.347. The zero-order valence-corrected chi connectivity index (χ0v) is 10.4. The van der Waals surface area contributed by atoms with Crippen LogP contribution in [0.5, 0.6) is 0 Å². The Bertz CT molecular complexity index is 437. The topological polar surface area (TPSA) is 55.8 Å². The van der Waals surface area contributed by atoms with Gasteiger partial charge >= 0.3 is 0 Å². The van der Waals surface area contributed by atoms with E-state index in [2.05, 4.69) is 0 Å².